The van der Waals surface area contributed by atoms with Gasteiger partial charge in [0, 0.05) is 28.7 Å². The molecule has 0 spiro atoms. The molecule has 0 aliphatic rings. The number of anilines is 1. The van der Waals surface area contributed by atoms with E-state index in [4.69, 9.17) is 4.74 Å². The van der Waals surface area contributed by atoms with E-state index in [1.54, 1.807) is 28.9 Å². The normalized spacial score (nSPS) is 11.6. The number of hydrogen-bond donors (Lipinski definition) is 2. The predicted octanol–water partition coefficient (Wildman–Crippen LogP) is 4.17. The Hall–Kier alpha value is -3.68. The molecule has 1 atom stereocenters. The van der Waals surface area contributed by atoms with Crippen molar-refractivity contribution in [2.45, 2.75) is 26.9 Å². The van der Waals surface area contributed by atoms with Gasteiger partial charge in [0.25, 0.3) is 11.8 Å². The second-order valence-electron chi connectivity index (χ2n) is 6.80. The van der Waals surface area contributed by atoms with Crippen molar-refractivity contribution < 1.29 is 23.1 Å². The van der Waals surface area contributed by atoms with Gasteiger partial charge in [-0.1, -0.05) is 0 Å². The summed E-state index contributed by atoms with van der Waals surface area (Å²) in [5, 5.41) is 2.46. The van der Waals surface area contributed by atoms with Gasteiger partial charge in [0.2, 0.25) is 0 Å². The summed E-state index contributed by atoms with van der Waals surface area (Å²) in [6.45, 7) is 5.29. The third-order valence-corrected chi connectivity index (χ3v) is 4.47. The van der Waals surface area contributed by atoms with Gasteiger partial charge in [-0.2, -0.15) is 0 Å². The third kappa shape index (κ3) is 4.83. The highest BCUT2D eigenvalue weighted by Crippen LogP contribution is 2.17. The van der Waals surface area contributed by atoms with Crippen LogP contribution in [0.4, 0.5) is 14.5 Å². The highest BCUT2D eigenvalue weighted by Gasteiger charge is 2.16. The summed E-state index contributed by atoms with van der Waals surface area (Å²) in [5.41, 5.74) is 5.16. The smallest absolute Gasteiger partial charge is 0.270 e. The summed E-state index contributed by atoms with van der Waals surface area (Å²) in [6, 6.07) is 13.2. The molecule has 0 radical (unpaired) electrons. The van der Waals surface area contributed by atoms with Crippen molar-refractivity contribution in [3.05, 3.63) is 83.2 Å². The number of nitrogens with one attached hydrogen (secondary N) is 2. The maximum Gasteiger partial charge on any atom is 0.270 e. The van der Waals surface area contributed by atoms with E-state index in [0.29, 0.717) is 11.3 Å². The van der Waals surface area contributed by atoms with E-state index in [2.05, 4.69) is 10.7 Å². The molecule has 2 amide bonds. The largest absolute Gasteiger partial charge is 0.481 e. The van der Waals surface area contributed by atoms with Crippen molar-refractivity contribution in [3.8, 4) is 5.75 Å². The Morgan fingerprint density at radius 1 is 0.933 bits per heavy atom. The molecule has 156 valence electrons. The average Bonchev–Trinajstić information content (AvgIpc) is 3.03. The Labute approximate surface area is 172 Å². The maximum atomic E-state index is 13.3. The van der Waals surface area contributed by atoms with Gasteiger partial charge in [-0.15, -0.1) is 0 Å². The Kier molecular flexibility index (Phi) is 6.15. The molecule has 3 aromatic rings. The van der Waals surface area contributed by atoms with Gasteiger partial charge < -0.3 is 10.1 Å². The van der Waals surface area contributed by atoms with Gasteiger partial charge in [0.05, 0.1) is 0 Å². The van der Waals surface area contributed by atoms with Crippen LogP contribution < -0.4 is 15.5 Å². The molecular weight excluding hydrogens is 392 g/mol. The number of nitrogens with zero attached hydrogens (tertiary/aromatic N) is 1. The number of aryl methyl sites for hydroxylation is 2. The monoisotopic (exact) mass is 413 g/mol. The van der Waals surface area contributed by atoms with Gasteiger partial charge in [-0.3, -0.25) is 19.7 Å². The molecule has 0 saturated carbocycles. The summed E-state index contributed by atoms with van der Waals surface area (Å²) in [7, 11) is 0. The quantitative estimate of drug-likeness (QED) is 0.637. The Balaban J connectivity index is 1.59. The Morgan fingerprint density at radius 3 is 2.17 bits per heavy atom. The van der Waals surface area contributed by atoms with E-state index >= 15 is 0 Å². The average molecular weight is 413 g/mol. The van der Waals surface area contributed by atoms with Gasteiger partial charge in [0.15, 0.2) is 17.7 Å². The van der Waals surface area contributed by atoms with Gasteiger partial charge in [-0.25, -0.2) is 8.78 Å². The van der Waals surface area contributed by atoms with Crippen LogP contribution in [-0.4, -0.2) is 22.6 Å². The first kappa shape index (κ1) is 21.0. The van der Waals surface area contributed by atoms with Crippen LogP contribution >= 0.6 is 0 Å². The molecule has 0 saturated heterocycles. The minimum absolute atomic E-state index is 0.122. The van der Waals surface area contributed by atoms with Crippen molar-refractivity contribution in [1.82, 2.24) is 4.68 Å². The zero-order valence-electron chi connectivity index (χ0n) is 16.7. The Bertz CT molecular complexity index is 1060. The number of carbonyl (C=O) groups excluding carboxylic acids is 2. The van der Waals surface area contributed by atoms with Crippen LogP contribution in [0.3, 0.4) is 0 Å². The van der Waals surface area contributed by atoms with E-state index in [0.717, 1.165) is 23.5 Å². The summed E-state index contributed by atoms with van der Waals surface area (Å²) >= 11 is 0. The fourth-order valence-electron chi connectivity index (χ4n) is 2.77. The van der Waals surface area contributed by atoms with E-state index in [-0.39, 0.29) is 11.6 Å². The molecule has 0 aliphatic carbocycles. The van der Waals surface area contributed by atoms with Crippen LogP contribution in [-0.2, 0) is 4.79 Å². The first-order valence-electron chi connectivity index (χ1n) is 9.23. The SMILES string of the molecule is Cc1ccc(C)n1NC(=O)c1ccc(O[C@@H](C)C(=O)Nc2ccc(F)c(F)c2)cc1. The zero-order valence-corrected chi connectivity index (χ0v) is 16.7. The van der Waals surface area contributed by atoms with E-state index < -0.39 is 23.6 Å². The minimum Gasteiger partial charge on any atom is -0.481 e. The fraction of sp³-hybridized carbons (Fsp3) is 0.182. The third-order valence-electron chi connectivity index (χ3n) is 4.47. The minimum atomic E-state index is -1.06. The van der Waals surface area contributed by atoms with Crippen molar-refractivity contribution in [2.24, 2.45) is 0 Å². The number of rotatable bonds is 6. The Morgan fingerprint density at radius 2 is 1.57 bits per heavy atom. The van der Waals surface area contributed by atoms with Crippen LogP contribution in [0, 0.1) is 25.5 Å². The molecular formula is C22H21F2N3O3. The van der Waals surface area contributed by atoms with Gasteiger partial charge in [0.1, 0.15) is 5.75 Å². The molecule has 2 N–H and O–H groups in total. The topological polar surface area (TPSA) is 72.4 Å². The summed E-state index contributed by atoms with van der Waals surface area (Å²) in [5.74, 6) is -2.48. The standard InChI is InChI=1S/C22H21F2N3O3/c1-13-4-5-14(2)27(13)26-22(29)16-6-9-18(10-7-16)30-15(3)21(28)25-17-8-11-19(23)20(24)12-17/h4-12,15H,1-3H3,(H,25,28)(H,26,29)/t15-/m0/s1. The van der Waals surface area contributed by atoms with E-state index in [1.807, 2.05) is 26.0 Å². The number of aromatic nitrogens is 1. The van der Waals surface area contributed by atoms with Crippen LogP contribution in [0.2, 0.25) is 0 Å². The van der Waals surface area contributed by atoms with Crippen LogP contribution in [0.25, 0.3) is 0 Å². The zero-order chi connectivity index (χ0) is 21.8. The van der Waals surface area contributed by atoms with Crippen LogP contribution in [0.15, 0.2) is 54.6 Å². The summed E-state index contributed by atoms with van der Waals surface area (Å²) in [4.78, 5) is 24.6. The molecule has 8 heteroatoms. The van der Waals surface area contributed by atoms with Crippen molar-refractivity contribution in [3.63, 3.8) is 0 Å². The molecule has 0 bridgehead atoms. The lowest BCUT2D eigenvalue weighted by Gasteiger charge is -2.15. The molecule has 0 aliphatic heterocycles. The number of hydrogen-bond acceptors (Lipinski definition) is 3. The first-order valence-corrected chi connectivity index (χ1v) is 9.23. The molecule has 30 heavy (non-hydrogen) atoms. The molecule has 1 aromatic heterocycles. The lowest BCUT2D eigenvalue weighted by molar-refractivity contribution is -0.122. The van der Waals surface area contributed by atoms with Crippen molar-refractivity contribution >= 4 is 17.5 Å². The molecule has 2 aromatic carbocycles. The number of halogens is 2. The molecule has 6 nitrogen and oxygen atoms in total. The second kappa shape index (κ2) is 8.77. The second-order valence-corrected chi connectivity index (χ2v) is 6.80. The lowest BCUT2D eigenvalue weighted by atomic mass is 10.2. The predicted molar refractivity (Wildman–Crippen MR) is 109 cm³/mol. The fourth-order valence-corrected chi connectivity index (χ4v) is 2.77. The maximum absolute atomic E-state index is 13.3. The molecule has 0 fully saturated rings. The number of ether oxygens (including phenoxy) is 1. The van der Waals surface area contributed by atoms with Gasteiger partial charge in [-0.05, 0) is 69.3 Å². The number of amides is 2. The number of benzene rings is 2. The van der Waals surface area contributed by atoms with Crippen molar-refractivity contribution in [1.29, 1.82) is 0 Å². The van der Waals surface area contributed by atoms with Crippen LogP contribution in [0.5, 0.6) is 5.75 Å². The van der Waals surface area contributed by atoms with Gasteiger partial charge >= 0.3 is 0 Å². The van der Waals surface area contributed by atoms with E-state index in [9.17, 15) is 18.4 Å². The van der Waals surface area contributed by atoms with Crippen LogP contribution in [0.1, 0.15) is 28.7 Å². The highest BCUT2D eigenvalue weighted by atomic mass is 19.2. The molecule has 1 heterocycles. The lowest BCUT2D eigenvalue weighted by Crippen LogP contribution is -2.30. The summed E-state index contributed by atoms with van der Waals surface area (Å²) in [6.07, 6.45) is -0.900. The van der Waals surface area contributed by atoms with E-state index in [1.165, 1.54) is 13.0 Å². The highest BCUT2D eigenvalue weighted by molar-refractivity contribution is 6.00. The summed E-state index contributed by atoms with van der Waals surface area (Å²) < 4.78 is 33.5. The molecule has 0 unspecified atom stereocenters. The molecule has 3 rings (SSSR count). The van der Waals surface area contributed by atoms with Crippen molar-refractivity contribution in [2.75, 3.05) is 10.7 Å². The number of carbonyl (C=O) groups is 2. The first-order chi connectivity index (χ1) is 14.2.